The van der Waals surface area contributed by atoms with E-state index in [2.05, 4.69) is 5.32 Å². The maximum atomic E-state index is 13.0. The number of carbonyl (C=O) groups excluding carboxylic acids is 2. The molecule has 7 N–H and O–H groups in total. The van der Waals surface area contributed by atoms with Crippen LogP contribution in [0.2, 0.25) is 0 Å². The van der Waals surface area contributed by atoms with Crippen LogP contribution in [0.4, 0.5) is 10.5 Å². The van der Waals surface area contributed by atoms with E-state index in [0.717, 1.165) is 0 Å². The fourth-order valence-electron chi connectivity index (χ4n) is 5.10. The number of fused-ring (bicyclic) bond motifs is 1. The molecule has 0 radical (unpaired) electrons. The highest BCUT2D eigenvalue weighted by molar-refractivity contribution is 6.06. The molecular weight excluding hydrogens is 592 g/mol. The second-order valence-electron chi connectivity index (χ2n) is 11.1. The summed E-state index contributed by atoms with van der Waals surface area (Å²) in [5.41, 5.74) is 3.92. The van der Waals surface area contributed by atoms with Gasteiger partial charge in [-0.3, -0.25) is 4.79 Å². The summed E-state index contributed by atoms with van der Waals surface area (Å²) in [7, 11) is 1.36. The molecule has 1 aliphatic heterocycles. The van der Waals surface area contributed by atoms with Crippen molar-refractivity contribution in [1.29, 1.82) is 0 Å². The van der Waals surface area contributed by atoms with Gasteiger partial charge in [0, 0.05) is 18.2 Å². The monoisotopic (exact) mass is 628 g/mol. The smallest absolute Gasteiger partial charge is 0.404 e. The number of nitrogens with two attached hydrogens (primary N) is 1. The molecule has 2 aromatic carbocycles. The van der Waals surface area contributed by atoms with Gasteiger partial charge in [-0.15, -0.1) is 0 Å². The highest BCUT2D eigenvalue weighted by Gasteiger charge is 2.53. The van der Waals surface area contributed by atoms with Gasteiger partial charge in [0.25, 0.3) is 5.91 Å². The number of hydrogen-bond acceptors (Lipinski definition) is 12. The fourth-order valence-corrected chi connectivity index (χ4v) is 5.10. The van der Waals surface area contributed by atoms with E-state index in [9.17, 15) is 34.8 Å². The summed E-state index contributed by atoms with van der Waals surface area (Å²) in [5.74, 6) is -1.25. The summed E-state index contributed by atoms with van der Waals surface area (Å²) < 4.78 is 27.8. The third kappa shape index (κ3) is 6.88. The molecular formula is C31H36N2O12. The first-order valence-electron chi connectivity index (χ1n) is 13.9. The van der Waals surface area contributed by atoms with Crippen LogP contribution in [0.3, 0.4) is 0 Å². The Kier molecular flexibility index (Phi) is 9.73. The zero-order chi connectivity index (χ0) is 33.2. The van der Waals surface area contributed by atoms with E-state index >= 15 is 0 Å². The van der Waals surface area contributed by atoms with E-state index < -0.39 is 59.3 Å². The molecule has 0 saturated carbocycles. The third-order valence-corrected chi connectivity index (χ3v) is 7.52. The molecule has 1 aromatic heterocycles. The zero-order valence-electron chi connectivity index (χ0n) is 25.3. The Balaban J connectivity index is 1.62. The van der Waals surface area contributed by atoms with Crippen LogP contribution >= 0.6 is 0 Å². The lowest BCUT2D eigenvalue weighted by atomic mass is 9.89. The molecule has 1 fully saturated rings. The lowest BCUT2D eigenvalue weighted by molar-refractivity contribution is -0.304. The predicted molar refractivity (Wildman–Crippen MR) is 160 cm³/mol. The van der Waals surface area contributed by atoms with E-state index in [-0.39, 0.29) is 46.6 Å². The fraction of sp³-hybridized carbons (Fsp3) is 0.387. The van der Waals surface area contributed by atoms with Gasteiger partial charge in [-0.05, 0) is 70.0 Å². The van der Waals surface area contributed by atoms with E-state index in [0.29, 0.717) is 11.1 Å². The number of allylic oxidation sites excluding steroid dienone is 1. The van der Waals surface area contributed by atoms with Crippen molar-refractivity contribution in [2.45, 2.75) is 64.3 Å². The van der Waals surface area contributed by atoms with Crippen LogP contribution in [0.25, 0.3) is 11.0 Å². The molecule has 242 valence electrons. The number of methoxy groups -OCH3 is 1. The van der Waals surface area contributed by atoms with Crippen LogP contribution in [0.5, 0.6) is 17.2 Å². The standard InChI is InChI=1S/C31H36N2O12/c1-14(13-34)6-7-16-12-17(8-10-19(16)35)27(38)33-21-22(36)18-9-11-20(15(2)24(18)43-28(21)39)42-29-23(37)25(44-30(32)40)26(41-5)31(3,4)45-29/h6,8-12,23,25-26,29,34-37H,7,13H2,1-5H3,(H2,32,40)(H,33,38)/t23-,25+,26-,29-/m1/s1. The highest BCUT2D eigenvalue weighted by atomic mass is 16.7. The number of primary amides is 1. The van der Waals surface area contributed by atoms with Gasteiger partial charge in [-0.25, -0.2) is 9.59 Å². The molecule has 0 aliphatic carbocycles. The molecule has 14 heteroatoms. The maximum Gasteiger partial charge on any atom is 0.404 e. The minimum atomic E-state index is -1.53. The molecule has 2 heterocycles. The lowest BCUT2D eigenvalue weighted by Gasteiger charge is -2.47. The van der Waals surface area contributed by atoms with Crippen molar-refractivity contribution in [3.05, 3.63) is 69.1 Å². The number of aryl methyl sites for hydroxylation is 1. The first-order chi connectivity index (χ1) is 21.2. The molecule has 4 rings (SSSR count). The normalized spacial score (nSPS) is 21.4. The lowest BCUT2D eigenvalue weighted by Crippen LogP contribution is -2.65. The van der Waals surface area contributed by atoms with Crippen LogP contribution in [-0.2, 0) is 20.6 Å². The van der Waals surface area contributed by atoms with E-state index in [1.807, 2.05) is 0 Å². The molecule has 14 nitrogen and oxygen atoms in total. The minimum Gasteiger partial charge on any atom is -0.508 e. The maximum absolute atomic E-state index is 13.0. The molecule has 0 spiro atoms. The highest BCUT2D eigenvalue weighted by Crippen LogP contribution is 2.38. The molecule has 4 atom stereocenters. The number of rotatable bonds is 9. The average molecular weight is 629 g/mol. The largest absolute Gasteiger partial charge is 0.508 e. The van der Waals surface area contributed by atoms with Crippen molar-refractivity contribution in [2.24, 2.45) is 5.73 Å². The van der Waals surface area contributed by atoms with Gasteiger partial charge in [0.1, 0.15) is 23.2 Å². The summed E-state index contributed by atoms with van der Waals surface area (Å²) in [6.45, 7) is 6.40. The zero-order valence-corrected chi connectivity index (χ0v) is 25.3. The minimum absolute atomic E-state index is 0.0563. The second kappa shape index (κ2) is 13.2. The predicted octanol–water partition coefficient (Wildman–Crippen LogP) is 2.60. The van der Waals surface area contributed by atoms with Gasteiger partial charge in [-0.1, -0.05) is 11.6 Å². The summed E-state index contributed by atoms with van der Waals surface area (Å²) in [6.07, 6.45) is -4.20. The summed E-state index contributed by atoms with van der Waals surface area (Å²) in [6, 6.07) is 6.92. The van der Waals surface area contributed by atoms with Gasteiger partial charge in [-0.2, -0.15) is 0 Å². The Morgan fingerprint density at radius 2 is 1.89 bits per heavy atom. The quantitative estimate of drug-likeness (QED) is 0.149. The number of anilines is 1. The number of aliphatic hydroxyl groups is 2. The summed E-state index contributed by atoms with van der Waals surface area (Å²) in [5, 5.41) is 43.7. The molecule has 1 saturated heterocycles. The van der Waals surface area contributed by atoms with Crippen molar-refractivity contribution >= 4 is 28.7 Å². The van der Waals surface area contributed by atoms with Crippen molar-refractivity contribution in [2.75, 3.05) is 19.0 Å². The van der Waals surface area contributed by atoms with Crippen LogP contribution < -0.4 is 21.4 Å². The van der Waals surface area contributed by atoms with Gasteiger partial charge in [0.2, 0.25) is 6.29 Å². The number of benzene rings is 2. The Morgan fingerprint density at radius 3 is 2.53 bits per heavy atom. The Hall–Kier alpha value is -4.63. The number of hydrogen-bond donors (Lipinski definition) is 6. The first-order valence-corrected chi connectivity index (χ1v) is 13.9. The van der Waals surface area contributed by atoms with Crippen molar-refractivity contribution in [3.8, 4) is 17.2 Å². The number of aliphatic hydroxyl groups excluding tert-OH is 2. The van der Waals surface area contributed by atoms with E-state index in [1.54, 1.807) is 33.8 Å². The van der Waals surface area contributed by atoms with Gasteiger partial charge in [0.05, 0.1) is 17.6 Å². The van der Waals surface area contributed by atoms with Gasteiger partial charge < -0.3 is 54.8 Å². The van der Waals surface area contributed by atoms with Crippen LogP contribution in [0.1, 0.15) is 42.3 Å². The molecule has 1 aliphatic rings. The van der Waals surface area contributed by atoms with Crippen LogP contribution in [0, 0.1) is 6.92 Å². The Labute approximate surface area is 257 Å². The number of amides is 2. The summed E-state index contributed by atoms with van der Waals surface area (Å²) >= 11 is 0. The Bertz CT molecular complexity index is 1700. The molecule has 3 aromatic rings. The SMILES string of the molecule is CO[C@@H]1[C@@H](OC(N)=O)[C@@H](O)[C@H](Oc2ccc3c(O)c(NC(=O)c4ccc(O)c(CC=C(C)CO)c4)c(=O)oc3c2C)OC1(C)C. The molecule has 45 heavy (non-hydrogen) atoms. The number of ether oxygens (including phenoxy) is 4. The number of phenolic OH excluding ortho intramolecular Hbond substituents is 1. The van der Waals surface area contributed by atoms with E-state index in [1.165, 1.54) is 37.4 Å². The van der Waals surface area contributed by atoms with Crippen molar-refractivity contribution in [3.63, 3.8) is 0 Å². The topological polar surface area (TPSA) is 220 Å². The van der Waals surface area contributed by atoms with E-state index in [4.69, 9.17) is 29.1 Å². The van der Waals surface area contributed by atoms with Crippen LogP contribution in [-0.4, -0.2) is 76.3 Å². The number of nitrogens with one attached hydrogen (secondary N) is 1. The molecule has 0 bridgehead atoms. The van der Waals surface area contributed by atoms with Crippen molar-refractivity contribution < 1.29 is 53.4 Å². The Morgan fingerprint density at radius 1 is 1.18 bits per heavy atom. The first kappa shape index (κ1) is 33.3. The number of carbonyl (C=O) groups is 2. The number of aromatic hydroxyl groups is 2. The average Bonchev–Trinajstić information content (AvgIpc) is 2.98. The number of phenols is 1. The van der Waals surface area contributed by atoms with Crippen molar-refractivity contribution in [1.82, 2.24) is 0 Å². The summed E-state index contributed by atoms with van der Waals surface area (Å²) in [4.78, 5) is 37.5. The molecule has 0 unspecified atom stereocenters. The molecule has 2 amide bonds. The second-order valence-corrected chi connectivity index (χ2v) is 11.1. The third-order valence-electron chi connectivity index (χ3n) is 7.52. The van der Waals surface area contributed by atoms with Crippen LogP contribution in [0.15, 0.2) is 51.2 Å². The van der Waals surface area contributed by atoms with Gasteiger partial charge >= 0.3 is 11.7 Å². The van der Waals surface area contributed by atoms with Gasteiger partial charge in [0.15, 0.2) is 23.6 Å².